The number of halogens is 4. The highest BCUT2D eigenvalue weighted by atomic mass is 79.9. The molecule has 0 spiro atoms. The zero-order valence-electron chi connectivity index (χ0n) is 11.5. The van der Waals surface area contributed by atoms with E-state index in [0.29, 0.717) is 5.69 Å². The summed E-state index contributed by atoms with van der Waals surface area (Å²) >= 11 is 3.29. The minimum atomic E-state index is -4.86. The zero-order chi connectivity index (χ0) is 16.3. The Balaban J connectivity index is 1.89. The largest absolute Gasteiger partial charge is 0.471 e. The van der Waals surface area contributed by atoms with Crippen molar-refractivity contribution in [3.63, 3.8) is 0 Å². The average Bonchev–Trinajstić information content (AvgIpc) is 2.45. The lowest BCUT2D eigenvalue weighted by Gasteiger charge is -2.31. The molecule has 22 heavy (non-hydrogen) atoms. The number of hydrogen-bond acceptors (Lipinski definition) is 2. The first kappa shape index (κ1) is 16.8. The fraction of sp³-hybridized carbons (Fsp3) is 0.429. The number of likely N-dealkylation sites (tertiary alicyclic amines) is 1. The van der Waals surface area contributed by atoms with Crippen molar-refractivity contribution in [3.05, 3.63) is 28.7 Å². The molecule has 1 heterocycles. The van der Waals surface area contributed by atoms with Crippen LogP contribution in [0.5, 0.6) is 0 Å². The van der Waals surface area contributed by atoms with Gasteiger partial charge in [0.1, 0.15) is 0 Å². The molecular weight excluding hydrogens is 365 g/mol. The molecule has 2 amide bonds. The summed E-state index contributed by atoms with van der Waals surface area (Å²) in [6.07, 6.45) is -4.41. The average molecular weight is 379 g/mol. The molecule has 1 aliphatic rings. The smallest absolute Gasteiger partial charge is 0.335 e. The van der Waals surface area contributed by atoms with Gasteiger partial charge < -0.3 is 10.2 Å². The molecule has 0 unspecified atom stereocenters. The molecule has 0 atom stereocenters. The Morgan fingerprint density at radius 1 is 1.23 bits per heavy atom. The molecule has 1 saturated heterocycles. The van der Waals surface area contributed by atoms with Crippen LogP contribution in [0.15, 0.2) is 28.7 Å². The predicted octanol–water partition coefficient (Wildman–Crippen LogP) is 3.19. The Morgan fingerprint density at radius 3 is 2.41 bits per heavy atom. The van der Waals surface area contributed by atoms with E-state index in [2.05, 4.69) is 21.2 Å². The molecule has 8 heteroatoms. The van der Waals surface area contributed by atoms with Gasteiger partial charge in [0, 0.05) is 29.2 Å². The van der Waals surface area contributed by atoms with Crippen molar-refractivity contribution >= 4 is 33.4 Å². The van der Waals surface area contributed by atoms with E-state index in [9.17, 15) is 22.8 Å². The standard InChI is InChI=1S/C14H14BrF3N2O2/c15-10-2-1-3-11(8-10)19-12(21)9-4-6-20(7-5-9)13(22)14(16,17)18/h1-3,8-9H,4-7H2,(H,19,21). The van der Waals surface area contributed by atoms with Gasteiger partial charge in [-0.15, -0.1) is 0 Å². The molecule has 0 radical (unpaired) electrons. The van der Waals surface area contributed by atoms with Crippen molar-refractivity contribution in [3.8, 4) is 0 Å². The highest BCUT2D eigenvalue weighted by molar-refractivity contribution is 9.10. The third-order valence-electron chi connectivity index (χ3n) is 3.49. The number of benzene rings is 1. The molecular formula is C14H14BrF3N2O2. The number of rotatable bonds is 2. The van der Waals surface area contributed by atoms with E-state index in [-0.39, 0.29) is 31.8 Å². The zero-order valence-corrected chi connectivity index (χ0v) is 13.1. The Hall–Kier alpha value is -1.57. The van der Waals surface area contributed by atoms with Gasteiger partial charge in [-0.2, -0.15) is 13.2 Å². The molecule has 1 aromatic carbocycles. The van der Waals surface area contributed by atoms with Crippen LogP contribution in [0.25, 0.3) is 0 Å². The van der Waals surface area contributed by atoms with Crippen molar-refractivity contribution < 1.29 is 22.8 Å². The number of anilines is 1. The van der Waals surface area contributed by atoms with Crippen LogP contribution in [-0.2, 0) is 9.59 Å². The molecule has 0 aliphatic carbocycles. The summed E-state index contributed by atoms with van der Waals surface area (Å²) in [5, 5.41) is 2.73. The summed E-state index contributed by atoms with van der Waals surface area (Å²) in [4.78, 5) is 24.0. The van der Waals surface area contributed by atoms with Crippen molar-refractivity contribution in [2.24, 2.45) is 5.92 Å². The van der Waals surface area contributed by atoms with Crippen molar-refractivity contribution in [1.82, 2.24) is 4.90 Å². The van der Waals surface area contributed by atoms with Gasteiger partial charge in [0.05, 0.1) is 0 Å². The quantitative estimate of drug-likeness (QED) is 0.858. The van der Waals surface area contributed by atoms with Gasteiger partial charge in [-0.05, 0) is 31.0 Å². The molecule has 1 fully saturated rings. The topological polar surface area (TPSA) is 49.4 Å². The number of piperidine rings is 1. The van der Waals surface area contributed by atoms with E-state index in [4.69, 9.17) is 0 Å². The lowest BCUT2D eigenvalue weighted by Crippen LogP contribution is -2.46. The van der Waals surface area contributed by atoms with Gasteiger partial charge in [-0.25, -0.2) is 0 Å². The summed E-state index contributed by atoms with van der Waals surface area (Å²) < 4.78 is 37.8. The maximum atomic E-state index is 12.3. The van der Waals surface area contributed by atoms with Crippen LogP contribution in [0.3, 0.4) is 0 Å². The van der Waals surface area contributed by atoms with Crippen LogP contribution >= 0.6 is 15.9 Å². The second kappa shape index (κ2) is 6.68. The fourth-order valence-electron chi connectivity index (χ4n) is 2.33. The SMILES string of the molecule is O=C(Nc1cccc(Br)c1)C1CCN(C(=O)C(F)(F)F)CC1. The van der Waals surface area contributed by atoms with E-state index in [1.165, 1.54) is 0 Å². The van der Waals surface area contributed by atoms with Gasteiger partial charge in [0.2, 0.25) is 5.91 Å². The highest BCUT2D eigenvalue weighted by Gasteiger charge is 2.43. The van der Waals surface area contributed by atoms with Crippen molar-refractivity contribution in [2.45, 2.75) is 19.0 Å². The normalized spacial score (nSPS) is 16.5. The van der Waals surface area contributed by atoms with Crippen LogP contribution in [-0.4, -0.2) is 36.0 Å². The number of carbonyl (C=O) groups is 2. The number of nitrogens with zero attached hydrogens (tertiary/aromatic N) is 1. The first-order chi connectivity index (χ1) is 10.3. The molecule has 4 nitrogen and oxygen atoms in total. The maximum absolute atomic E-state index is 12.3. The van der Waals surface area contributed by atoms with Crippen LogP contribution in [0.2, 0.25) is 0 Å². The minimum absolute atomic E-state index is 0.0606. The van der Waals surface area contributed by atoms with Gasteiger partial charge in [-0.3, -0.25) is 9.59 Å². The summed E-state index contributed by atoms with van der Waals surface area (Å²) in [7, 11) is 0. The van der Waals surface area contributed by atoms with Gasteiger partial charge >= 0.3 is 12.1 Å². The predicted molar refractivity (Wildman–Crippen MR) is 78.1 cm³/mol. The Morgan fingerprint density at radius 2 is 1.86 bits per heavy atom. The summed E-state index contributed by atoms with van der Waals surface area (Å²) in [6, 6.07) is 7.05. The third kappa shape index (κ3) is 4.22. The molecule has 120 valence electrons. The molecule has 1 aliphatic heterocycles. The number of amides is 2. The summed E-state index contributed by atoms with van der Waals surface area (Å²) in [6.45, 7) is -0.121. The maximum Gasteiger partial charge on any atom is 0.471 e. The molecule has 0 aromatic heterocycles. The fourth-order valence-corrected chi connectivity index (χ4v) is 2.73. The third-order valence-corrected chi connectivity index (χ3v) is 3.98. The summed E-state index contributed by atoms with van der Waals surface area (Å²) in [5.74, 6) is -2.47. The highest BCUT2D eigenvalue weighted by Crippen LogP contribution is 2.25. The van der Waals surface area contributed by atoms with Crippen LogP contribution in [0, 0.1) is 5.92 Å². The number of nitrogens with one attached hydrogen (secondary N) is 1. The molecule has 0 bridgehead atoms. The van der Waals surface area contributed by atoms with Crippen LogP contribution in [0.1, 0.15) is 12.8 Å². The number of carbonyl (C=O) groups excluding carboxylic acids is 2. The molecule has 2 rings (SSSR count). The van der Waals surface area contributed by atoms with Crippen LogP contribution < -0.4 is 5.32 Å². The lowest BCUT2D eigenvalue weighted by atomic mass is 9.95. The van der Waals surface area contributed by atoms with Crippen molar-refractivity contribution in [2.75, 3.05) is 18.4 Å². The van der Waals surface area contributed by atoms with Crippen LogP contribution in [0.4, 0.5) is 18.9 Å². The van der Waals surface area contributed by atoms with E-state index >= 15 is 0 Å². The number of alkyl halides is 3. The van der Waals surface area contributed by atoms with E-state index in [1.54, 1.807) is 18.2 Å². The van der Waals surface area contributed by atoms with Crippen molar-refractivity contribution in [1.29, 1.82) is 0 Å². The molecule has 0 saturated carbocycles. The first-order valence-corrected chi connectivity index (χ1v) is 7.49. The lowest BCUT2D eigenvalue weighted by molar-refractivity contribution is -0.186. The van der Waals surface area contributed by atoms with Gasteiger partial charge in [-0.1, -0.05) is 22.0 Å². The Bertz CT molecular complexity index is 569. The minimum Gasteiger partial charge on any atom is -0.335 e. The second-order valence-electron chi connectivity index (χ2n) is 5.06. The summed E-state index contributed by atoms with van der Waals surface area (Å²) in [5.41, 5.74) is 0.619. The van der Waals surface area contributed by atoms with Gasteiger partial charge in [0.25, 0.3) is 0 Å². The van der Waals surface area contributed by atoms with E-state index < -0.39 is 18.0 Å². The first-order valence-electron chi connectivity index (χ1n) is 6.70. The molecule has 1 N–H and O–H groups in total. The van der Waals surface area contributed by atoms with Gasteiger partial charge in [0.15, 0.2) is 0 Å². The Labute approximate surface area is 133 Å². The molecule has 1 aromatic rings. The second-order valence-corrected chi connectivity index (χ2v) is 5.98. The monoisotopic (exact) mass is 378 g/mol. The van der Waals surface area contributed by atoms with E-state index in [0.717, 1.165) is 9.37 Å². The Kier molecular flexibility index (Phi) is 5.10. The van der Waals surface area contributed by atoms with E-state index in [1.807, 2.05) is 6.07 Å². The number of hydrogen-bond donors (Lipinski definition) is 1.